The van der Waals surface area contributed by atoms with Gasteiger partial charge >= 0.3 is 0 Å². The third kappa shape index (κ3) is 3.57. The summed E-state index contributed by atoms with van der Waals surface area (Å²) in [5.41, 5.74) is 1.12. The highest BCUT2D eigenvalue weighted by molar-refractivity contribution is 6.31. The van der Waals surface area contributed by atoms with Crippen LogP contribution >= 0.6 is 11.6 Å². The molecule has 2 heteroatoms. The average molecular weight is 251 g/mol. The minimum Gasteiger partial charge on any atom is -0.299 e. The van der Waals surface area contributed by atoms with Crippen LogP contribution < -0.4 is 0 Å². The van der Waals surface area contributed by atoms with E-state index in [1.54, 1.807) is 0 Å². The van der Waals surface area contributed by atoms with E-state index in [1.165, 1.54) is 19.3 Å². The van der Waals surface area contributed by atoms with Gasteiger partial charge in [0.25, 0.3) is 0 Å². The normalized spacial score (nSPS) is 21.9. The number of carbonyl (C=O) groups excluding carboxylic acids is 1. The first kappa shape index (κ1) is 12.6. The van der Waals surface area contributed by atoms with E-state index in [0.29, 0.717) is 5.78 Å². The van der Waals surface area contributed by atoms with Crippen LogP contribution in [0.1, 0.15) is 44.1 Å². The van der Waals surface area contributed by atoms with Crippen LogP contribution in [0.25, 0.3) is 0 Å². The Bertz CT molecular complexity index is 386. The molecule has 1 atom stereocenters. The second kappa shape index (κ2) is 6.20. The summed E-state index contributed by atoms with van der Waals surface area (Å²) in [4.78, 5) is 12.0. The van der Waals surface area contributed by atoms with Crippen LogP contribution in [0.2, 0.25) is 5.02 Å². The molecule has 0 aromatic heterocycles. The molecule has 92 valence electrons. The predicted molar refractivity (Wildman–Crippen MR) is 71.4 cm³/mol. The molecule has 1 nitrogen and oxygen atoms in total. The number of ketones is 1. The highest BCUT2D eigenvalue weighted by Crippen LogP contribution is 2.25. The maximum Gasteiger partial charge on any atom is 0.136 e. The van der Waals surface area contributed by atoms with Crippen LogP contribution in [0.4, 0.5) is 0 Å². The van der Waals surface area contributed by atoms with Crippen molar-refractivity contribution in [2.45, 2.75) is 44.9 Å². The number of Topliss-reactive ketones (excluding diaryl/α,β-unsaturated/α-hetero) is 1. The number of carbonyl (C=O) groups is 1. The number of hydrogen-bond acceptors (Lipinski definition) is 1. The van der Waals surface area contributed by atoms with Gasteiger partial charge in [0.15, 0.2) is 0 Å². The molecule has 0 heterocycles. The Kier molecular flexibility index (Phi) is 4.61. The smallest absolute Gasteiger partial charge is 0.136 e. The van der Waals surface area contributed by atoms with Crippen molar-refractivity contribution in [3.05, 3.63) is 34.9 Å². The van der Waals surface area contributed by atoms with Crippen molar-refractivity contribution in [1.82, 2.24) is 0 Å². The fourth-order valence-electron chi connectivity index (χ4n) is 2.55. The van der Waals surface area contributed by atoms with Crippen molar-refractivity contribution in [2.24, 2.45) is 5.92 Å². The number of rotatable bonds is 2. The molecule has 1 fully saturated rings. The van der Waals surface area contributed by atoms with Crippen LogP contribution in [0.3, 0.4) is 0 Å². The summed E-state index contributed by atoms with van der Waals surface area (Å²) in [5.74, 6) is 0.625. The fraction of sp³-hybridized carbons (Fsp3) is 0.533. The molecule has 0 amide bonds. The van der Waals surface area contributed by atoms with Crippen molar-refractivity contribution in [2.75, 3.05) is 0 Å². The van der Waals surface area contributed by atoms with E-state index in [4.69, 9.17) is 11.6 Å². The topological polar surface area (TPSA) is 17.1 Å². The Labute approximate surface area is 108 Å². The van der Waals surface area contributed by atoms with E-state index in [9.17, 15) is 4.79 Å². The van der Waals surface area contributed by atoms with E-state index in [0.717, 1.165) is 36.3 Å². The van der Waals surface area contributed by atoms with Crippen LogP contribution in [-0.2, 0) is 11.2 Å². The molecule has 2 rings (SSSR count). The van der Waals surface area contributed by atoms with Gasteiger partial charge in [-0.1, -0.05) is 49.1 Å². The molecule has 0 spiro atoms. The quantitative estimate of drug-likeness (QED) is 0.759. The Morgan fingerprint density at radius 2 is 1.88 bits per heavy atom. The molecule has 0 saturated heterocycles. The molecule has 1 aromatic carbocycles. The lowest BCUT2D eigenvalue weighted by Gasteiger charge is -2.19. The highest BCUT2D eigenvalue weighted by atomic mass is 35.5. The molecule has 0 N–H and O–H groups in total. The van der Waals surface area contributed by atoms with E-state index in [-0.39, 0.29) is 5.92 Å². The molecule has 1 saturated carbocycles. The third-order valence-electron chi connectivity index (χ3n) is 3.61. The van der Waals surface area contributed by atoms with Gasteiger partial charge in [0.05, 0.1) is 0 Å². The predicted octanol–water partition coefficient (Wildman–Crippen LogP) is 4.42. The zero-order valence-electron chi connectivity index (χ0n) is 10.1. The van der Waals surface area contributed by atoms with E-state index < -0.39 is 0 Å². The molecule has 1 aliphatic rings. The standard InChI is InChI=1S/C15H19ClO/c16-14-9-6-5-7-12(14)11-13-8-3-1-2-4-10-15(13)17/h5-7,9,13H,1-4,8,10-11H2. The number of hydrogen-bond donors (Lipinski definition) is 0. The largest absolute Gasteiger partial charge is 0.299 e. The second-order valence-corrected chi connectivity index (χ2v) is 5.32. The molecule has 0 aliphatic heterocycles. The van der Waals surface area contributed by atoms with Gasteiger partial charge in [-0.15, -0.1) is 0 Å². The van der Waals surface area contributed by atoms with Crippen molar-refractivity contribution in [3.63, 3.8) is 0 Å². The van der Waals surface area contributed by atoms with E-state index >= 15 is 0 Å². The number of benzene rings is 1. The van der Waals surface area contributed by atoms with Crippen LogP contribution in [0.15, 0.2) is 24.3 Å². The van der Waals surface area contributed by atoms with Crippen molar-refractivity contribution in [1.29, 1.82) is 0 Å². The van der Waals surface area contributed by atoms with E-state index in [1.807, 2.05) is 24.3 Å². The van der Waals surface area contributed by atoms with Gasteiger partial charge in [-0.25, -0.2) is 0 Å². The van der Waals surface area contributed by atoms with Gasteiger partial charge < -0.3 is 0 Å². The summed E-state index contributed by atoms with van der Waals surface area (Å²) >= 11 is 6.15. The Hall–Kier alpha value is -0.820. The third-order valence-corrected chi connectivity index (χ3v) is 3.97. The summed E-state index contributed by atoms with van der Waals surface area (Å²) in [7, 11) is 0. The van der Waals surface area contributed by atoms with Crippen LogP contribution in [0, 0.1) is 5.92 Å². The summed E-state index contributed by atoms with van der Waals surface area (Å²) < 4.78 is 0. The molecular formula is C15H19ClO. The first-order valence-electron chi connectivity index (χ1n) is 6.53. The maximum atomic E-state index is 12.0. The Balaban J connectivity index is 2.05. The van der Waals surface area contributed by atoms with Crippen molar-refractivity contribution >= 4 is 17.4 Å². The first-order chi connectivity index (χ1) is 8.27. The molecular weight excluding hydrogens is 232 g/mol. The van der Waals surface area contributed by atoms with Crippen LogP contribution in [0.5, 0.6) is 0 Å². The van der Waals surface area contributed by atoms with Gasteiger partial charge in [0, 0.05) is 17.4 Å². The van der Waals surface area contributed by atoms with E-state index in [2.05, 4.69) is 0 Å². The van der Waals surface area contributed by atoms with Crippen molar-refractivity contribution in [3.8, 4) is 0 Å². The van der Waals surface area contributed by atoms with Crippen LogP contribution in [-0.4, -0.2) is 5.78 Å². The molecule has 0 bridgehead atoms. The average Bonchev–Trinajstić information content (AvgIpc) is 2.31. The fourth-order valence-corrected chi connectivity index (χ4v) is 2.77. The first-order valence-corrected chi connectivity index (χ1v) is 6.91. The zero-order valence-corrected chi connectivity index (χ0v) is 10.9. The second-order valence-electron chi connectivity index (χ2n) is 4.91. The Morgan fingerprint density at radius 1 is 1.12 bits per heavy atom. The molecule has 1 aromatic rings. The number of halogens is 1. The summed E-state index contributed by atoms with van der Waals surface area (Å²) in [6.45, 7) is 0. The minimum absolute atomic E-state index is 0.190. The highest BCUT2D eigenvalue weighted by Gasteiger charge is 2.20. The Morgan fingerprint density at radius 3 is 2.71 bits per heavy atom. The lowest BCUT2D eigenvalue weighted by Crippen LogP contribution is -2.18. The summed E-state index contributed by atoms with van der Waals surface area (Å²) in [5, 5.41) is 0.794. The zero-order chi connectivity index (χ0) is 12.1. The monoisotopic (exact) mass is 250 g/mol. The molecule has 0 radical (unpaired) electrons. The molecule has 1 unspecified atom stereocenters. The minimum atomic E-state index is 0.190. The molecule has 17 heavy (non-hydrogen) atoms. The molecule has 1 aliphatic carbocycles. The maximum absolute atomic E-state index is 12.0. The van der Waals surface area contributed by atoms with Gasteiger partial charge in [0.1, 0.15) is 5.78 Å². The van der Waals surface area contributed by atoms with Gasteiger partial charge in [-0.3, -0.25) is 4.79 Å². The van der Waals surface area contributed by atoms with Gasteiger partial charge in [-0.2, -0.15) is 0 Å². The van der Waals surface area contributed by atoms with Gasteiger partial charge in [-0.05, 0) is 30.9 Å². The summed E-state index contributed by atoms with van der Waals surface area (Å²) in [6.07, 6.45) is 7.34. The summed E-state index contributed by atoms with van der Waals surface area (Å²) in [6, 6.07) is 7.87. The lowest BCUT2D eigenvalue weighted by atomic mass is 9.85. The lowest BCUT2D eigenvalue weighted by molar-refractivity contribution is -0.123. The van der Waals surface area contributed by atoms with Gasteiger partial charge in [0.2, 0.25) is 0 Å². The van der Waals surface area contributed by atoms with Crippen molar-refractivity contribution < 1.29 is 4.79 Å². The SMILES string of the molecule is O=C1CCCCCCC1Cc1ccccc1Cl.